The third kappa shape index (κ3) is 3.71. The van der Waals surface area contributed by atoms with E-state index in [-0.39, 0.29) is 5.54 Å². The second kappa shape index (κ2) is 6.40. The topological polar surface area (TPSA) is 47.3 Å². The van der Waals surface area contributed by atoms with Crippen LogP contribution in [0.25, 0.3) is 0 Å². The summed E-state index contributed by atoms with van der Waals surface area (Å²) < 4.78 is 5.44. The van der Waals surface area contributed by atoms with E-state index in [2.05, 4.69) is 24.4 Å². The Hall–Kier alpha value is -1.06. The number of nitrogens with one attached hydrogen (secondary N) is 1. The highest BCUT2D eigenvalue weighted by atomic mass is 16.5. The summed E-state index contributed by atoms with van der Waals surface area (Å²) in [6.07, 6.45) is 6.15. The fourth-order valence-corrected chi connectivity index (χ4v) is 3.01. The van der Waals surface area contributed by atoms with Crippen LogP contribution in [0.2, 0.25) is 0 Å². The monoisotopic (exact) mass is 262 g/mol. The van der Waals surface area contributed by atoms with Gasteiger partial charge in [0.25, 0.3) is 0 Å². The lowest BCUT2D eigenvalue weighted by molar-refractivity contribution is 0.308. The Morgan fingerprint density at radius 2 is 2.00 bits per heavy atom. The third-order valence-electron chi connectivity index (χ3n) is 4.13. The Kier molecular flexibility index (Phi) is 4.83. The number of methoxy groups -OCH3 is 1. The molecule has 1 aromatic rings. The van der Waals surface area contributed by atoms with Crippen molar-refractivity contribution in [1.82, 2.24) is 5.32 Å². The molecule has 0 spiro atoms. The molecule has 0 aliphatic heterocycles. The predicted octanol–water partition coefficient (Wildman–Crippen LogP) is 2.49. The number of para-hydroxylation sites is 1. The first-order valence-electron chi connectivity index (χ1n) is 7.26. The number of rotatable bonds is 6. The van der Waals surface area contributed by atoms with Gasteiger partial charge in [0.1, 0.15) is 5.75 Å². The molecule has 19 heavy (non-hydrogen) atoms. The van der Waals surface area contributed by atoms with E-state index in [1.165, 1.54) is 31.2 Å². The van der Waals surface area contributed by atoms with Crippen molar-refractivity contribution in [1.29, 1.82) is 0 Å². The number of ether oxygens (including phenoxy) is 1. The van der Waals surface area contributed by atoms with E-state index >= 15 is 0 Å². The van der Waals surface area contributed by atoms with Crippen LogP contribution in [-0.2, 0) is 6.42 Å². The van der Waals surface area contributed by atoms with Gasteiger partial charge in [0.05, 0.1) is 7.11 Å². The van der Waals surface area contributed by atoms with Gasteiger partial charge < -0.3 is 15.8 Å². The minimum atomic E-state index is -0.0519. The van der Waals surface area contributed by atoms with E-state index in [1.807, 2.05) is 12.1 Å². The largest absolute Gasteiger partial charge is 0.496 e. The Morgan fingerprint density at radius 3 is 2.63 bits per heavy atom. The predicted molar refractivity (Wildman–Crippen MR) is 79.5 cm³/mol. The molecule has 1 atom stereocenters. The van der Waals surface area contributed by atoms with Crippen molar-refractivity contribution in [3.8, 4) is 5.75 Å². The average molecular weight is 262 g/mol. The molecule has 1 aliphatic carbocycles. The molecule has 1 saturated carbocycles. The summed E-state index contributed by atoms with van der Waals surface area (Å²) >= 11 is 0. The smallest absolute Gasteiger partial charge is 0.122 e. The molecular weight excluding hydrogens is 236 g/mol. The van der Waals surface area contributed by atoms with Crippen LogP contribution >= 0.6 is 0 Å². The molecule has 1 aromatic carbocycles. The van der Waals surface area contributed by atoms with Gasteiger partial charge in [-0.3, -0.25) is 0 Å². The maximum absolute atomic E-state index is 6.02. The van der Waals surface area contributed by atoms with Crippen LogP contribution in [0.4, 0.5) is 0 Å². The van der Waals surface area contributed by atoms with Crippen LogP contribution in [0, 0.1) is 0 Å². The highest BCUT2D eigenvalue weighted by Crippen LogP contribution is 2.25. The van der Waals surface area contributed by atoms with E-state index < -0.39 is 0 Å². The standard InChI is InChI=1S/C16H26N2O/c1-16(12-17,18-14-8-4-5-9-14)11-13-7-3-6-10-15(13)19-2/h3,6-7,10,14,18H,4-5,8-9,11-12,17H2,1-2H3. The summed E-state index contributed by atoms with van der Waals surface area (Å²) in [6.45, 7) is 2.86. The van der Waals surface area contributed by atoms with Crippen molar-refractivity contribution in [3.05, 3.63) is 29.8 Å². The van der Waals surface area contributed by atoms with Crippen molar-refractivity contribution < 1.29 is 4.74 Å². The molecule has 0 saturated heterocycles. The Labute approximate surface area is 116 Å². The number of hydrogen-bond acceptors (Lipinski definition) is 3. The average Bonchev–Trinajstić information content (AvgIpc) is 2.92. The van der Waals surface area contributed by atoms with E-state index in [0.717, 1.165) is 12.2 Å². The lowest BCUT2D eigenvalue weighted by atomic mass is 9.91. The van der Waals surface area contributed by atoms with Crippen LogP contribution in [0.1, 0.15) is 38.2 Å². The van der Waals surface area contributed by atoms with E-state index in [1.54, 1.807) is 7.11 Å². The van der Waals surface area contributed by atoms with Crippen LogP contribution in [0.3, 0.4) is 0 Å². The molecule has 2 rings (SSSR count). The maximum Gasteiger partial charge on any atom is 0.122 e. The molecule has 1 fully saturated rings. The molecule has 0 bridgehead atoms. The van der Waals surface area contributed by atoms with Crippen LogP contribution in [0.15, 0.2) is 24.3 Å². The molecule has 0 amide bonds. The Morgan fingerprint density at radius 1 is 1.32 bits per heavy atom. The molecule has 0 aromatic heterocycles. The Bertz CT molecular complexity index is 401. The minimum Gasteiger partial charge on any atom is -0.496 e. The molecule has 0 radical (unpaired) electrons. The van der Waals surface area contributed by atoms with Crippen molar-refractivity contribution in [3.63, 3.8) is 0 Å². The summed E-state index contributed by atoms with van der Waals surface area (Å²) in [5, 5.41) is 3.76. The molecular formula is C16H26N2O. The van der Waals surface area contributed by atoms with Gasteiger partial charge in [0, 0.05) is 18.1 Å². The molecule has 3 nitrogen and oxygen atoms in total. The highest BCUT2D eigenvalue weighted by molar-refractivity contribution is 5.34. The van der Waals surface area contributed by atoms with E-state index in [4.69, 9.17) is 10.5 Å². The Balaban J connectivity index is 2.07. The zero-order valence-electron chi connectivity index (χ0n) is 12.1. The first-order valence-corrected chi connectivity index (χ1v) is 7.26. The first-order chi connectivity index (χ1) is 9.17. The van der Waals surface area contributed by atoms with Crippen molar-refractivity contribution in [2.24, 2.45) is 5.73 Å². The normalized spacial score (nSPS) is 19.3. The maximum atomic E-state index is 6.02. The SMILES string of the molecule is COc1ccccc1CC(C)(CN)NC1CCCC1. The molecule has 1 unspecified atom stereocenters. The highest BCUT2D eigenvalue weighted by Gasteiger charge is 2.28. The van der Waals surface area contributed by atoms with Gasteiger partial charge in [0.2, 0.25) is 0 Å². The summed E-state index contributed by atoms with van der Waals surface area (Å²) in [6, 6.07) is 8.84. The lowest BCUT2D eigenvalue weighted by Gasteiger charge is -2.33. The van der Waals surface area contributed by atoms with Crippen molar-refractivity contribution in [2.75, 3.05) is 13.7 Å². The van der Waals surface area contributed by atoms with E-state index in [9.17, 15) is 0 Å². The van der Waals surface area contributed by atoms with Gasteiger partial charge >= 0.3 is 0 Å². The minimum absolute atomic E-state index is 0.0519. The summed E-state index contributed by atoms with van der Waals surface area (Å²) in [5.41, 5.74) is 7.19. The fraction of sp³-hybridized carbons (Fsp3) is 0.625. The summed E-state index contributed by atoms with van der Waals surface area (Å²) in [4.78, 5) is 0. The number of hydrogen-bond donors (Lipinski definition) is 2. The lowest BCUT2D eigenvalue weighted by Crippen LogP contribution is -2.53. The van der Waals surface area contributed by atoms with Gasteiger partial charge in [-0.15, -0.1) is 0 Å². The van der Waals surface area contributed by atoms with E-state index in [0.29, 0.717) is 12.6 Å². The molecule has 106 valence electrons. The molecule has 3 N–H and O–H groups in total. The number of benzene rings is 1. The molecule has 0 heterocycles. The number of nitrogens with two attached hydrogens (primary N) is 1. The van der Waals surface area contributed by atoms with Gasteiger partial charge in [-0.1, -0.05) is 31.0 Å². The van der Waals surface area contributed by atoms with Gasteiger partial charge in [0.15, 0.2) is 0 Å². The van der Waals surface area contributed by atoms with Crippen LogP contribution in [0.5, 0.6) is 5.75 Å². The quantitative estimate of drug-likeness (QED) is 0.828. The van der Waals surface area contributed by atoms with Crippen molar-refractivity contribution in [2.45, 2.75) is 50.6 Å². The van der Waals surface area contributed by atoms with Gasteiger partial charge in [-0.05, 0) is 37.8 Å². The van der Waals surface area contributed by atoms with Crippen LogP contribution in [-0.4, -0.2) is 25.2 Å². The summed E-state index contributed by atoms with van der Waals surface area (Å²) in [5.74, 6) is 0.954. The van der Waals surface area contributed by atoms with Crippen LogP contribution < -0.4 is 15.8 Å². The first kappa shape index (κ1) is 14.4. The second-order valence-electron chi connectivity index (χ2n) is 5.88. The summed E-state index contributed by atoms with van der Waals surface area (Å²) in [7, 11) is 1.73. The van der Waals surface area contributed by atoms with Crippen molar-refractivity contribution >= 4 is 0 Å². The van der Waals surface area contributed by atoms with Gasteiger partial charge in [-0.2, -0.15) is 0 Å². The van der Waals surface area contributed by atoms with Gasteiger partial charge in [-0.25, -0.2) is 0 Å². The molecule has 3 heteroatoms. The third-order valence-corrected chi connectivity index (χ3v) is 4.13. The fourth-order valence-electron chi connectivity index (χ4n) is 3.01. The zero-order chi connectivity index (χ0) is 13.7. The second-order valence-corrected chi connectivity index (χ2v) is 5.88. The molecule has 1 aliphatic rings. The zero-order valence-corrected chi connectivity index (χ0v) is 12.1.